The predicted molar refractivity (Wildman–Crippen MR) is 99.1 cm³/mol. The first-order chi connectivity index (χ1) is 11.5. The van der Waals surface area contributed by atoms with Crippen molar-refractivity contribution < 1.29 is 19.4 Å². The molecule has 1 aromatic carbocycles. The summed E-state index contributed by atoms with van der Waals surface area (Å²) in [5, 5.41) is 9.05. The van der Waals surface area contributed by atoms with Gasteiger partial charge in [0.15, 0.2) is 0 Å². The van der Waals surface area contributed by atoms with Crippen molar-refractivity contribution in [3.05, 3.63) is 24.3 Å². The second kappa shape index (κ2) is 11.0. The van der Waals surface area contributed by atoms with Gasteiger partial charge in [0.25, 0.3) is 0 Å². The van der Waals surface area contributed by atoms with Crippen LogP contribution in [0.4, 0.5) is 5.69 Å². The molecule has 1 unspecified atom stereocenters. The predicted octanol–water partition coefficient (Wildman–Crippen LogP) is 3.63. The highest BCUT2D eigenvalue weighted by Gasteiger charge is 2.23. The van der Waals surface area contributed by atoms with Crippen LogP contribution in [0.1, 0.15) is 39.5 Å². The fraction of sp³-hybridized carbons (Fsp3) is 0.556. The highest BCUT2D eigenvalue weighted by atomic mass is 32.1. The third kappa shape index (κ3) is 6.83. The van der Waals surface area contributed by atoms with Crippen molar-refractivity contribution in [2.45, 2.75) is 39.5 Å². The SMILES string of the molecule is CCCCCCOc1ccc(N(CC(=O)O)C(=O)C(C)CS)cc1. The van der Waals surface area contributed by atoms with Crippen molar-refractivity contribution >= 4 is 30.2 Å². The molecule has 0 aliphatic heterocycles. The van der Waals surface area contributed by atoms with Gasteiger partial charge < -0.3 is 14.7 Å². The molecular weight excluding hydrogens is 326 g/mol. The molecule has 0 radical (unpaired) electrons. The molecule has 1 aromatic rings. The number of benzene rings is 1. The first-order valence-corrected chi connectivity index (χ1v) is 8.99. The van der Waals surface area contributed by atoms with Gasteiger partial charge in [-0.25, -0.2) is 0 Å². The van der Waals surface area contributed by atoms with E-state index in [4.69, 9.17) is 9.84 Å². The normalized spacial score (nSPS) is 11.8. The minimum absolute atomic E-state index is 0.249. The Balaban J connectivity index is 2.71. The fourth-order valence-corrected chi connectivity index (χ4v) is 2.37. The van der Waals surface area contributed by atoms with E-state index in [1.165, 1.54) is 17.7 Å². The Morgan fingerprint density at radius 3 is 2.42 bits per heavy atom. The average Bonchev–Trinajstić information content (AvgIpc) is 2.58. The zero-order valence-electron chi connectivity index (χ0n) is 14.4. The van der Waals surface area contributed by atoms with E-state index in [2.05, 4.69) is 19.6 Å². The molecule has 134 valence electrons. The molecule has 0 aliphatic carbocycles. The van der Waals surface area contributed by atoms with Crippen LogP contribution in [0, 0.1) is 5.92 Å². The molecule has 0 heterocycles. The number of carboxylic acid groups (broad SMARTS) is 1. The summed E-state index contributed by atoms with van der Waals surface area (Å²) in [6.07, 6.45) is 4.56. The maximum atomic E-state index is 12.3. The molecule has 0 saturated heterocycles. The fourth-order valence-electron chi connectivity index (χ4n) is 2.22. The maximum absolute atomic E-state index is 12.3. The van der Waals surface area contributed by atoms with Crippen LogP contribution in [0.5, 0.6) is 5.75 Å². The van der Waals surface area contributed by atoms with E-state index in [1.807, 2.05) is 0 Å². The van der Waals surface area contributed by atoms with E-state index in [9.17, 15) is 9.59 Å². The van der Waals surface area contributed by atoms with Gasteiger partial charge in [-0.05, 0) is 30.7 Å². The summed E-state index contributed by atoms with van der Waals surface area (Å²) in [6.45, 7) is 4.19. The zero-order valence-corrected chi connectivity index (χ0v) is 15.3. The number of hydrogen-bond acceptors (Lipinski definition) is 4. The number of carbonyl (C=O) groups is 2. The lowest BCUT2D eigenvalue weighted by molar-refractivity contribution is -0.137. The first kappa shape index (κ1) is 20.4. The average molecular weight is 353 g/mol. The summed E-state index contributed by atoms with van der Waals surface area (Å²) in [7, 11) is 0. The van der Waals surface area contributed by atoms with Gasteiger partial charge in [0.1, 0.15) is 12.3 Å². The standard InChI is InChI=1S/C18H27NO4S/c1-3-4-5-6-11-23-16-9-7-15(8-10-16)19(12-17(20)21)18(22)14(2)13-24/h7-10,14,24H,3-6,11-13H2,1-2H3,(H,20,21). The Bertz CT molecular complexity index is 518. The Morgan fingerprint density at radius 2 is 1.88 bits per heavy atom. The Morgan fingerprint density at radius 1 is 1.21 bits per heavy atom. The third-order valence-corrected chi connectivity index (χ3v) is 4.22. The number of amides is 1. The minimum Gasteiger partial charge on any atom is -0.494 e. The van der Waals surface area contributed by atoms with Crippen molar-refractivity contribution in [1.29, 1.82) is 0 Å². The van der Waals surface area contributed by atoms with E-state index in [1.54, 1.807) is 31.2 Å². The zero-order chi connectivity index (χ0) is 17.9. The van der Waals surface area contributed by atoms with Gasteiger partial charge in [-0.1, -0.05) is 33.1 Å². The Labute approximate surface area is 149 Å². The summed E-state index contributed by atoms with van der Waals surface area (Å²) < 4.78 is 5.67. The Kier molecular flexibility index (Phi) is 9.30. The molecule has 1 rings (SSSR count). The third-order valence-electron chi connectivity index (χ3n) is 3.67. The summed E-state index contributed by atoms with van der Waals surface area (Å²) in [5.41, 5.74) is 0.550. The number of rotatable bonds is 11. The number of carbonyl (C=O) groups excluding carboxylic acids is 1. The Hall–Kier alpha value is -1.69. The van der Waals surface area contributed by atoms with Crippen molar-refractivity contribution in [3.63, 3.8) is 0 Å². The monoisotopic (exact) mass is 353 g/mol. The van der Waals surface area contributed by atoms with E-state index in [0.717, 1.165) is 18.6 Å². The second-order valence-electron chi connectivity index (χ2n) is 5.80. The number of ether oxygens (including phenoxy) is 1. The van der Waals surface area contributed by atoms with Crippen LogP contribution in [0.25, 0.3) is 0 Å². The summed E-state index contributed by atoms with van der Waals surface area (Å²) in [5.74, 6) is -0.553. The van der Waals surface area contributed by atoms with Crippen LogP contribution in [0.2, 0.25) is 0 Å². The second-order valence-corrected chi connectivity index (χ2v) is 6.17. The molecule has 0 spiro atoms. The molecule has 0 fully saturated rings. The summed E-state index contributed by atoms with van der Waals surface area (Å²) in [6, 6.07) is 6.96. The number of aliphatic carboxylic acids is 1. The molecule has 6 heteroatoms. The number of nitrogens with zero attached hydrogens (tertiary/aromatic N) is 1. The van der Waals surface area contributed by atoms with Gasteiger partial charge in [-0.3, -0.25) is 9.59 Å². The van der Waals surface area contributed by atoms with Crippen LogP contribution >= 0.6 is 12.6 Å². The van der Waals surface area contributed by atoms with Gasteiger partial charge in [0.2, 0.25) is 5.91 Å². The molecule has 0 aromatic heterocycles. The van der Waals surface area contributed by atoms with Gasteiger partial charge in [0.05, 0.1) is 6.61 Å². The lowest BCUT2D eigenvalue weighted by atomic mass is 10.1. The molecule has 0 bridgehead atoms. The van der Waals surface area contributed by atoms with Gasteiger partial charge in [-0.15, -0.1) is 0 Å². The largest absolute Gasteiger partial charge is 0.494 e. The summed E-state index contributed by atoms with van der Waals surface area (Å²) in [4.78, 5) is 24.7. The smallest absolute Gasteiger partial charge is 0.323 e. The lowest BCUT2D eigenvalue weighted by Gasteiger charge is -2.24. The van der Waals surface area contributed by atoms with Crippen molar-refractivity contribution in [1.82, 2.24) is 0 Å². The van der Waals surface area contributed by atoms with Gasteiger partial charge in [0, 0.05) is 17.4 Å². The molecular formula is C18H27NO4S. The van der Waals surface area contributed by atoms with Crippen molar-refractivity contribution in [2.75, 3.05) is 23.8 Å². The molecule has 0 saturated carbocycles. The highest BCUT2D eigenvalue weighted by molar-refractivity contribution is 7.80. The van der Waals surface area contributed by atoms with E-state index < -0.39 is 5.97 Å². The van der Waals surface area contributed by atoms with Crippen LogP contribution in [-0.2, 0) is 9.59 Å². The molecule has 24 heavy (non-hydrogen) atoms. The number of unbranched alkanes of at least 4 members (excludes halogenated alkanes) is 3. The molecule has 1 atom stereocenters. The van der Waals surface area contributed by atoms with Crippen LogP contribution < -0.4 is 9.64 Å². The number of carboxylic acids is 1. The van der Waals surface area contributed by atoms with E-state index >= 15 is 0 Å². The number of hydrogen-bond donors (Lipinski definition) is 2. The van der Waals surface area contributed by atoms with E-state index in [0.29, 0.717) is 18.0 Å². The van der Waals surface area contributed by atoms with Gasteiger partial charge >= 0.3 is 5.97 Å². The number of thiol groups is 1. The summed E-state index contributed by atoms with van der Waals surface area (Å²) >= 11 is 4.12. The molecule has 1 N–H and O–H groups in total. The van der Waals surface area contributed by atoms with Crippen molar-refractivity contribution in [2.24, 2.45) is 5.92 Å². The van der Waals surface area contributed by atoms with Crippen molar-refractivity contribution in [3.8, 4) is 5.75 Å². The van der Waals surface area contributed by atoms with Crippen LogP contribution in [0.3, 0.4) is 0 Å². The molecule has 1 amide bonds. The lowest BCUT2D eigenvalue weighted by Crippen LogP contribution is -2.39. The molecule has 5 nitrogen and oxygen atoms in total. The minimum atomic E-state index is -1.05. The van der Waals surface area contributed by atoms with Crippen LogP contribution in [0.15, 0.2) is 24.3 Å². The molecule has 0 aliphatic rings. The van der Waals surface area contributed by atoms with Gasteiger partial charge in [-0.2, -0.15) is 12.6 Å². The van der Waals surface area contributed by atoms with E-state index in [-0.39, 0.29) is 18.4 Å². The quantitative estimate of drug-likeness (QED) is 0.471. The first-order valence-electron chi connectivity index (χ1n) is 8.36. The number of anilines is 1. The highest BCUT2D eigenvalue weighted by Crippen LogP contribution is 2.21. The topological polar surface area (TPSA) is 66.8 Å². The maximum Gasteiger partial charge on any atom is 0.323 e. The van der Waals surface area contributed by atoms with Crippen LogP contribution in [-0.4, -0.2) is 35.9 Å².